The van der Waals surface area contributed by atoms with Gasteiger partial charge in [-0.3, -0.25) is 4.79 Å². The molecule has 0 aliphatic carbocycles. The van der Waals surface area contributed by atoms with Gasteiger partial charge in [0.1, 0.15) is 5.82 Å². The number of fused-ring (bicyclic) bond motifs is 1. The van der Waals surface area contributed by atoms with Crippen molar-refractivity contribution < 1.29 is 19.1 Å². The summed E-state index contributed by atoms with van der Waals surface area (Å²) in [6.45, 7) is 0. The van der Waals surface area contributed by atoms with Crippen LogP contribution >= 0.6 is 0 Å². The lowest BCUT2D eigenvalue weighted by atomic mass is 9.98. The average molecular weight is 283 g/mol. The molecule has 3 aromatic rings. The van der Waals surface area contributed by atoms with Crippen LogP contribution in [0.1, 0.15) is 26.3 Å². The Bertz CT molecular complexity index is 867. The Morgan fingerprint density at radius 1 is 1.00 bits per heavy atom. The van der Waals surface area contributed by atoms with E-state index in [1.165, 1.54) is 36.5 Å². The third-order valence-electron chi connectivity index (χ3n) is 3.29. The van der Waals surface area contributed by atoms with E-state index in [0.717, 1.165) is 0 Å². The molecule has 0 atom stereocenters. The van der Waals surface area contributed by atoms with Crippen LogP contribution in [-0.2, 0) is 0 Å². The number of H-pyrrole nitrogens is 1. The molecule has 2 aromatic carbocycles. The molecule has 104 valence electrons. The number of aromatic amines is 1. The summed E-state index contributed by atoms with van der Waals surface area (Å²) < 4.78 is 13.3. The molecule has 0 bridgehead atoms. The van der Waals surface area contributed by atoms with Crippen molar-refractivity contribution in [2.45, 2.75) is 0 Å². The van der Waals surface area contributed by atoms with E-state index in [9.17, 15) is 14.0 Å². The van der Waals surface area contributed by atoms with Crippen LogP contribution in [0.3, 0.4) is 0 Å². The smallest absolute Gasteiger partial charge is 0.336 e. The number of aromatic nitrogens is 1. The third kappa shape index (κ3) is 2.18. The lowest BCUT2D eigenvalue weighted by Gasteiger charge is -2.04. The maximum Gasteiger partial charge on any atom is 0.336 e. The molecule has 0 fully saturated rings. The number of carboxylic acid groups (broad SMARTS) is 1. The van der Waals surface area contributed by atoms with Gasteiger partial charge < -0.3 is 10.1 Å². The van der Waals surface area contributed by atoms with Gasteiger partial charge in [0.15, 0.2) is 5.78 Å². The number of carbonyl (C=O) groups is 2. The second-order valence-electron chi connectivity index (χ2n) is 4.57. The first-order chi connectivity index (χ1) is 10.1. The number of rotatable bonds is 3. The van der Waals surface area contributed by atoms with Crippen LogP contribution in [0.2, 0.25) is 0 Å². The minimum absolute atomic E-state index is 0.0757. The Balaban J connectivity index is 2.18. The molecule has 1 heterocycles. The van der Waals surface area contributed by atoms with Gasteiger partial charge in [-0.2, -0.15) is 0 Å². The topological polar surface area (TPSA) is 70.2 Å². The Hall–Kier alpha value is -2.95. The lowest BCUT2D eigenvalue weighted by Crippen LogP contribution is -2.09. The van der Waals surface area contributed by atoms with Crippen LogP contribution in [0.5, 0.6) is 0 Å². The molecule has 0 saturated carbocycles. The van der Waals surface area contributed by atoms with Gasteiger partial charge in [-0.15, -0.1) is 0 Å². The Morgan fingerprint density at radius 2 is 1.71 bits per heavy atom. The van der Waals surface area contributed by atoms with E-state index >= 15 is 0 Å². The molecule has 5 heteroatoms. The van der Waals surface area contributed by atoms with E-state index < -0.39 is 17.6 Å². The average Bonchev–Trinajstić information content (AvgIpc) is 2.89. The Kier molecular flexibility index (Phi) is 3.02. The maximum absolute atomic E-state index is 13.3. The molecule has 0 spiro atoms. The number of hydrogen-bond donors (Lipinski definition) is 2. The predicted molar refractivity (Wildman–Crippen MR) is 75.1 cm³/mol. The first kappa shape index (κ1) is 13.1. The summed E-state index contributed by atoms with van der Waals surface area (Å²) in [5.74, 6) is -2.09. The van der Waals surface area contributed by atoms with Gasteiger partial charge in [0.25, 0.3) is 0 Å². The van der Waals surface area contributed by atoms with Gasteiger partial charge in [-0.25, -0.2) is 9.18 Å². The van der Waals surface area contributed by atoms with Crippen molar-refractivity contribution >= 4 is 22.7 Å². The number of halogens is 1. The van der Waals surface area contributed by atoms with Crippen LogP contribution < -0.4 is 0 Å². The highest BCUT2D eigenvalue weighted by Gasteiger charge is 2.20. The van der Waals surface area contributed by atoms with Crippen molar-refractivity contribution in [3.63, 3.8) is 0 Å². The number of benzene rings is 2. The van der Waals surface area contributed by atoms with Gasteiger partial charge >= 0.3 is 5.97 Å². The third-order valence-corrected chi connectivity index (χ3v) is 3.29. The highest BCUT2D eigenvalue weighted by atomic mass is 19.1. The molecule has 0 aliphatic rings. The van der Waals surface area contributed by atoms with Gasteiger partial charge in [0, 0.05) is 28.2 Å². The molecular formula is C16H10FNO3. The summed E-state index contributed by atoms with van der Waals surface area (Å²) in [6.07, 6.45) is 1.46. The van der Waals surface area contributed by atoms with E-state index in [1.807, 2.05) is 0 Å². The molecule has 0 saturated heterocycles. The summed E-state index contributed by atoms with van der Waals surface area (Å²) >= 11 is 0. The molecule has 0 amide bonds. The summed E-state index contributed by atoms with van der Waals surface area (Å²) in [4.78, 5) is 26.6. The minimum atomic E-state index is -1.18. The molecule has 0 unspecified atom stereocenters. The summed E-state index contributed by atoms with van der Waals surface area (Å²) in [6, 6.07) is 10.0. The standard InChI is InChI=1S/C16H10FNO3/c17-9-5-6-14-12(7-9)13(8-18-14)15(19)10-3-1-2-4-11(10)16(20)21/h1-8,18H,(H,20,21). The second kappa shape index (κ2) is 4.86. The van der Waals surface area contributed by atoms with Crippen LogP contribution in [-0.4, -0.2) is 21.8 Å². The molecule has 0 radical (unpaired) electrons. The van der Waals surface area contributed by atoms with Crippen molar-refractivity contribution in [2.75, 3.05) is 0 Å². The van der Waals surface area contributed by atoms with Crippen molar-refractivity contribution in [3.8, 4) is 0 Å². The zero-order chi connectivity index (χ0) is 15.0. The van der Waals surface area contributed by atoms with Crippen LogP contribution in [0, 0.1) is 5.82 Å². The normalized spacial score (nSPS) is 10.7. The van der Waals surface area contributed by atoms with E-state index in [0.29, 0.717) is 10.9 Å². The van der Waals surface area contributed by atoms with Gasteiger partial charge in [0.05, 0.1) is 5.56 Å². The van der Waals surface area contributed by atoms with Crippen molar-refractivity contribution in [2.24, 2.45) is 0 Å². The highest BCUT2D eigenvalue weighted by Crippen LogP contribution is 2.23. The van der Waals surface area contributed by atoms with E-state index in [-0.39, 0.29) is 16.7 Å². The molecule has 1 aromatic heterocycles. The fraction of sp³-hybridized carbons (Fsp3) is 0. The van der Waals surface area contributed by atoms with E-state index in [4.69, 9.17) is 5.11 Å². The van der Waals surface area contributed by atoms with Gasteiger partial charge in [-0.05, 0) is 24.3 Å². The number of nitrogens with one attached hydrogen (secondary N) is 1. The van der Waals surface area contributed by atoms with Crippen molar-refractivity contribution in [3.05, 3.63) is 71.2 Å². The highest BCUT2D eigenvalue weighted by molar-refractivity contribution is 6.19. The van der Waals surface area contributed by atoms with Crippen LogP contribution in [0.4, 0.5) is 4.39 Å². The van der Waals surface area contributed by atoms with Gasteiger partial charge in [0.2, 0.25) is 0 Å². The summed E-state index contributed by atoms with van der Waals surface area (Å²) in [5, 5.41) is 9.58. The molecular weight excluding hydrogens is 273 g/mol. The number of carboxylic acids is 1. The SMILES string of the molecule is O=C(O)c1ccccc1C(=O)c1c[nH]c2ccc(F)cc12. The van der Waals surface area contributed by atoms with Crippen molar-refractivity contribution in [1.82, 2.24) is 4.98 Å². The lowest BCUT2D eigenvalue weighted by molar-refractivity contribution is 0.0693. The number of hydrogen-bond acceptors (Lipinski definition) is 2. The Morgan fingerprint density at radius 3 is 2.43 bits per heavy atom. The Labute approximate surface area is 118 Å². The van der Waals surface area contributed by atoms with E-state index in [1.54, 1.807) is 12.1 Å². The monoisotopic (exact) mass is 283 g/mol. The number of carbonyl (C=O) groups excluding carboxylic acids is 1. The van der Waals surface area contributed by atoms with E-state index in [2.05, 4.69) is 4.98 Å². The zero-order valence-corrected chi connectivity index (χ0v) is 10.8. The fourth-order valence-electron chi connectivity index (χ4n) is 2.29. The van der Waals surface area contributed by atoms with Gasteiger partial charge in [-0.1, -0.05) is 18.2 Å². The molecule has 3 rings (SSSR count). The zero-order valence-electron chi connectivity index (χ0n) is 10.8. The summed E-state index contributed by atoms with van der Waals surface area (Å²) in [7, 11) is 0. The van der Waals surface area contributed by atoms with Crippen LogP contribution in [0.15, 0.2) is 48.7 Å². The molecule has 4 nitrogen and oxygen atoms in total. The second-order valence-corrected chi connectivity index (χ2v) is 4.57. The predicted octanol–water partition coefficient (Wildman–Crippen LogP) is 3.24. The largest absolute Gasteiger partial charge is 0.478 e. The fourth-order valence-corrected chi connectivity index (χ4v) is 2.29. The first-order valence-corrected chi connectivity index (χ1v) is 6.21. The molecule has 0 aliphatic heterocycles. The quantitative estimate of drug-likeness (QED) is 0.725. The van der Waals surface area contributed by atoms with Crippen molar-refractivity contribution in [1.29, 1.82) is 0 Å². The number of aromatic carboxylic acids is 1. The van der Waals surface area contributed by atoms with Crippen LogP contribution in [0.25, 0.3) is 10.9 Å². The maximum atomic E-state index is 13.3. The molecule has 2 N–H and O–H groups in total. The number of ketones is 1. The molecule has 21 heavy (non-hydrogen) atoms. The first-order valence-electron chi connectivity index (χ1n) is 6.21. The minimum Gasteiger partial charge on any atom is -0.478 e. The summed E-state index contributed by atoms with van der Waals surface area (Å²) in [5.41, 5.74) is 0.870.